The van der Waals surface area contributed by atoms with E-state index in [1.54, 1.807) is 30.7 Å². The molecule has 142 valence electrons. The van der Waals surface area contributed by atoms with E-state index in [1.807, 2.05) is 22.7 Å². The quantitative estimate of drug-likeness (QED) is 0.285. The third-order valence-corrected chi connectivity index (χ3v) is 20.8. The molecular formula is C25H25BiS2. The molecule has 0 bridgehead atoms. The van der Waals surface area contributed by atoms with Crippen molar-refractivity contribution >= 4 is 54.3 Å². The summed E-state index contributed by atoms with van der Waals surface area (Å²) in [6.45, 7) is 6.96. The van der Waals surface area contributed by atoms with E-state index in [4.69, 9.17) is 0 Å². The third kappa shape index (κ3) is 3.11. The minimum atomic E-state index is -2.35. The number of rotatable bonds is 3. The molecule has 3 aromatic rings. The Balaban J connectivity index is 1.82. The maximum absolute atomic E-state index is 2.42. The Kier molecular flexibility index (Phi) is 5.20. The van der Waals surface area contributed by atoms with Gasteiger partial charge in [0.1, 0.15) is 0 Å². The van der Waals surface area contributed by atoms with Gasteiger partial charge in [-0.1, -0.05) is 0 Å². The van der Waals surface area contributed by atoms with Crippen molar-refractivity contribution in [3.8, 4) is 0 Å². The number of hydrogen-bond donors (Lipinski definition) is 0. The van der Waals surface area contributed by atoms with Gasteiger partial charge in [0, 0.05) is 0 Å². The van der Waals surface area contributed by atoms with Crippen LogP contribution in [0.15, 0.2) is 58.3 Å². The SMILES string of the molecule is Cc1cc(C)[c]([Bi]2[C](c3cccs3)=C3CCCCC3=[C]2c2cccs2)c(C)c1. The summed E-state index contributed by atoms with van der Waals surface area (Å²) in [7, 11) is 0. The van der Waals surface area contributed by atoms with Crippen LogP contribution in [0.4, 0.5) is 0 Å². The van der Waals surface area contributed by atoms with Crippen LogP contribution in [-0.4, -0.2) is 21.8 Å². The zero-order chi connectivity index (χ0) is 19.3. The molecule has 2 aromatic heterocycles. The topological polar surface area (TPSA) is 0 Å². The summed E-state index contributed by atoms with van der Waals surface area (Å²) in [4.78, 5) is 3.11. The molecule has 1 saturated carbocycles. The van der Waals surface area contributed by atoms with Crippen LogP contribution in [0.25, 0.3) is 6.56 Å². The number of hydrogen-bond acceptors (Lipinski definition) is 2. The molecular weight excluding hydrogens is 573 g/mol. The Labute approximate surface area is 184 Å². The predicted molar refractivity (Wildman–Crippen MR) is 127 cm³/mol. The van der Waals surface area contributed by atoms with Gasteiger partial charge in [-0.05, 0) is 0 Å². The average Bonchev–Trinajstić information content (AvgIpc) is 3.40. The average molecular weight is 599 g/mol. The number of fused-ring (bicyclic) bond motifs is 1. The van der Waals surface area contributed by atoms with Crippen molar-refractivity contribution in [1.29, 1.82) is 0 Å². The van der Waals surface area contributed by atoms with Crippen LogP contribution in [0.2, 0.25) is 0 Å². The van der Waals surface area contributed by atoms with Crippen LogP contribution in [0, 0.1) is 20.8 Å². The van der Waals surface area contributed by atoms with Gasteiger partial charge >= 0.3 is 185 Å². The van der Waals surface area contributed by atoms with Crippen LogP contribution < -0.4 is 3.27 Å². The zero-order valence-electron chi connectivity index (χ0n) is 16.7. The molecule has 28 heavy (non-hydrogen) atoms. The van der Waals surface area contributed by atoms with E-state index in [-0.39, 0.29) is 0 Å². The third-order valence-electron chi connectivity index (χ3n) is 5.85. The monoisotopic (exact) mass is 598 g/mol. The fourth-order valence-corrected chi connectivity index (χ4v) is 21.3. The number of aryl methyl sites for hydroxylation is 3. The van der Waals surface area contributed by atoms with E-state index in [9.17, 15) is 0 Å². The molecule has 5 rings (SSSR count). The molecule has 0 saturated heterocycles. The van der Waals surface area contributed by atoms with Crippen LogP contribution in [0.1, 0.15) is 52.1 Å². The zero-order valence-corrected chi connectivity index (χ0v) is 21.8. The Morgan fingerprint density at radius 3 is 1.68 bits per heavy atom. The summed E-state index contributed by atoms with van der Waals surface area (Å²) in [5, 5.41) is 4.54. The van der Waals surface area contributed by atoms with E-state index >= 15 is 0 Å². The van der Waals surface area contributed by atoms with Crippen molar-refractivity contribution in [3.63, 3.8) is 0 Å². The van der Waals surface area contributed by atoms with Crippen molar-refractivity contribution in [3.05, 3.63) is 84.7 Å². The summed E-state index contributed by atoms with van der Waals surface area (Å²) in [6, 6.07) is 14.1. The minimum absolute atomic E-state index is 1.28. The van der Waals surface area contributed by atoms with Crippen molar-refractivity contribution < 1.29 is 0 Å². The molecule has 0 nitrogen and oxygen atoms in total. The molecule has 3 heteroatoms. The van der Waals surface area contributed by atoms with Gasteiger partial charge < -0.3 is 0 Å². The second-order valence-electron chi connectivity index (χ2n) is 7.90. The summed E-state index contributed by atoms with van der Waals surface area (Å²) >= 11 is 1.56. The van der Waals surface area contributed by atoms with E-state index in [0.717, 1.165) is 0 Å². The molecule has 0 amide bonds. The number of thiophene rings is 2. The Hall–Kier alpha value is -1.02. The van der Waals surface area contributed by atoms with Crippen LogP contribution in [0.3, 0.4) is 0 Å². The second-order valence-corrected chi connectivity index (χ2v) is 17.6. The van der Waals surface area contributed by atoms with Gasteiger partial charge in [0.05, 0.1) is 0 Å². The molecule has 0 unspecified atom stereocenters. The van der Waals surface area contributed by atoms with Crippen LogP contribution in [-0.2, 0) is 0 Å². The van der Waals surface area contributed by atoms with Crippen LogP contribution in [0.5, 0.6) is 0 Å². The molecule has 2 aliphatic rings. The van der Waals surface area contributed by atoms with E-state index in [2.05, 4.69) is 67.9 Å². The first kappa shape index (κ1) is 19.0. The first-order valence-corrected chi connectivity index (χ1v) is 17.0. The molecule has 0 radical (unpaired) electrons. The Morgan fingerprint density at radius 2 is 1.25 bits per heavy atom. The van der Waals surface area contributed by atoms with Crippen molar-refractivity contribution in [2.45, 2.75) is 46.5 Å². The summed E-state index contributed by atoms with van der Waals surface area (Å²) in [6.07, 6.45) is 5.28. The van der Waals surface area contributed by atoms with Crippen molar-refractivity contribution in [1.82, 2.24) is 0 Å². The summed E-state index contributed by atoms with van der Waals surface area (Å²) in [5.74, 6) is 0. The number of allylic oxidation sites excluding steroid dienone is 2. The number of benzene rings is 1. The molecule has 3 heterocycles. The fourth-order valence-electron chi connectivity index (χ4n) is 4.90. The Bertz CT molecular complexity index is 999. The predicted octanol–water partition coefficient (Wildman–Crippen LogP) is 7.01. The standard InChI is InChI=1S/C16H14S2.C9H11.Bi/c1-2-6-14(12-16-8-4-10-18-16)13(5-1)11-15-7-3-9-17-15;1-7-4-8(2)6-9(3)5-7;/h3-4,7-10H,1-2,5-6H2;4-5H,1-3H3;. The van der Waals surface area contributed by atoms with Crippen molar-refractivity contribution in [2.75, 3.05) is 0 Å². The first-order valence-electron chi connectivity index (χ1n) is 10.1. The molecule has 0 N–H and O–H groups in total. The fraction of sp³-hybridized carbons (Fsp3) is 0.280. The summed E-state index contributed by atoms with van der Waals surface area (Å²) in [5.41, 5.74) is 7.94. The molecule has 1 fully saturated rings. The first-order chi connectivity index (χ1) is 13.6. The van der Waals surface area contributed by atoms with Gasteiger partial charge in [-0.2, -0.15) is 0 Å². The molecule has 1 aromatic carbocycles. The normalized spacial score (nSPS) is 17.5. The molecule has 1 aliphatic carbocycles. The Morgan fingerprint density at radius 1 is 0.750 bits per heavy atom. The van der Waals surface area contributed by atoms with E-state index in [1.165, 1.54) is 42.4 Å². The summed E-state index contributed by atoms with van der Waals surface area (Å²) < 4.78 is 5.35. The van der Waals surface area contributed by atoms with Gasteiger partial charge in [-0.15, -0.1) is 0 Å². The van der Waals surface area contributed by atoms with E-state index in [0.29, 0.717) is 0 Å². The molecule has 0 spiro atoms. The van der Waals surface area contributed by atoms with Gasteiger partial charge in [0.25, 0.3) is 0 Å². The van der Waals surface area contributed by atoms with Crippen LogP contribution >= 0.6 is 22.7 Å². The van der Waals surface area contributed by atoms with Gasteiger partial charge in [0.2, 0.25) is 0 Å². The van der Waals surface area contributed by atoms with Gasteiger partial charge in [-0.25, -0.2) is 0 Å². The molecule has 0 atom stereocenters. The maximum atomic E-state index is 2.42. The van der Waals surface area contributed by atoms with Crippen molar-refractivity contribution in [2.24, 2.45) is 0 Å². The van der Waals surface area contributed by atoms with Gasteiger partial charge in [0.15, 0.2) is 0 Å². The molecule has 1 aliphatic heterocycles. The van der Waals surface area contributed by atoms with E-state index < -0.39 is 21.8 Å². The van der Waals surface area contributed by atoms with Gasteiger partial charge in [-0.3, -0.25) is 0 Å². The second kappa shape index (κ2) is 7.67.